The summed E-state index contributed by atoms with van der Waals surface area (Å²) in [5, 5.41) is 10.7. The second kappa shape index (κ2) is 77.0. The third-order valence-electron chi connectivity index (χ3n) is 20.7. The van der Waals surface area contributed by atoms with Crippen molar-refractivity contribution in [1.82, 2.24) is 0 Å². The van der Waals surface area contributed by atoms with Gasteiger partial charge in [-0.15, -0.1) is 0 Å². The zero-order valence-electron chi connectivity index (χ0n) is 69.9. The van der Waals surface area contributed by atoms with Crippen LogP contribution in [0, 0.1) is 17.8 Å². The van der Waals surface area contributed by atoms with Gasteiger partial charge in [0.15, 0.2) is 12.2 Å². The summed E-state index contributed by atoms with van der Waals surface area (Å²) in [4.78, 5) is 73.3. The average Bonchev–Trinajstić information content (AvgIpc) is 0.960. The molecular weight excluding hydrogens is 1380 g/mol. The first-order valence-corrected chi connectivity index (χ1v) is 47.9. The highest BCUT2D eigenvalue weighted by Gasteiger charge is 2.31. The SMILES string of the molecule is CCCCCCCCCCCCCCCC(=O)OC[C@H](COP(=O)(O)OC[C@H](O)COP(=O)(O)OC[C@@H](COC(=O)CCCCCCCCCCCCCCCC(C)C)OC(=O)CCCCCCCCCCCCCCCCCCCCC(C)CC)OC(=O)CCCCCCCCCCCCCCC(C)C. The van der Waals surface area contributed by atoms with E-state index in [4.69, 9.17) is 37.0 Å². The minimum atomic E-state index is -4.97. The molecule has 0 aliphatic rings. The van der Waals surface area contributed by atoms with E-state index in [0.717, 1.165) is 108 Å². The Bertz CT molecular complexity index is 2050. The summed E-state index contributed by atoms with van der Waals surface area (Å²) in [5.41, 5.74) is 0. The Labute approximate surface area is 651 Å². The first-order valence-electron chi connectivity index (χ1n) is 44.9. The Balaban J connectivity index is 5.25. The number of unbranched alkanes of at least 4 members (excludes halogenated alkanes) is 52. The van der Waals surface area contributed by atoms with E-state index in [1.165, 1.54) is 270 Å². The van der Waals surface area contributed by atoms with Crippen LogP contribution in [0.25, 0.3) is 0 Å². The molecule has 0 radical (unpaired) electrons. The van der Waals surface area contributed by atoms with E-state index >= 15 is 0 Å². The molecule has 0 saturated carbocycles. The molecule has 3 N–H and O–H groups in total. The Morgan fingerprint density at radius 1 is 0.274 bits per heavy atom. The van der Waals surface area contributed by atoms with Gasteiger partial charge in [0, 0.05) is 25.7 Å². The molecular formula is C87H170O17P2. The molecule has 0 saturated heterocycles. The van der Waals surface area contributed by atoms with Crippen LogP contribution in [-0.2, 0) is 65.4 Å². The van der Waals surface area contributed by atoms with Gasteiger partial charge in [-0.3, -0.25) is 37.3 Å². The summed E-state index contributed by atoms with van der Waals surface area (Å²) in [5.74, 6) is 0.337. The zero-order chi connectivity index (χ0) is 77.9. The number of aliphatic hydroxyl groups excluding tert-OH is 1. The maximum absolute atomic E-state index is 13.2. The highest BCUT2D eigenvalue weighted by Crippen LogP contribution is 2.45. The van der Waals surface area contributed by atoms with Crippen LogP contribution in [0.2, 0.25) is 0 Å². The summed E-state index contributed by atoms with van der Waals surface area (Å²) in [6.07, 6.45) is 67.9. The van der Waals surface area contributed by atoms with Crippen LogP contribution in [-0.4, -0.2) is 96.7 Å². The van der Waals surface area contributed by atoms with Gasteiger partial charge < -0.3 is 33.8 Å². The molecule has 0 heterocycles. The van der Waals surface area contributed by atoms with Crippen molar-refractivity contribution in [2.75, 3.05) is 39.6 Å². The molecule has 106 heavy (non-hydrogen) atoms. The van der Waals surface area contributed by atoms with Crippen LogP contribution < -0.4 is 0 Å². The lowest BCUT2D eigenvalue weighted by Crippen LogP contribution is -2.30. The lowest BCUT2D eigenvalue weighted by atomic mass is 9.99. The third-order valence-corrected chi connectivity index (χ3v) is 22.6. The van der Waals surface area contributed by atoms with Gasteiger partial charge in [0.2, 0.25) is 0 Å². The monoisotopic (exact) mass is 1550 g/mol. The number of hydrogen-bond acceptors (Lipinski definition) is 15. The predicted octanol–water partition coefficient (Wildman–Crippen LogP) is 26.5. The maximum atomic E-state index is 13.2. The van der Waals surface area contributed by atoms with Crippen molar-refractivity contribution in [3.8, 4) is 0 Å². The van der Waals surface area contributed by atoms with Crippen molar-refractivity contribution in [2.24, 2.45) is 17.8 Å². The highest BCUT2D eigenvalue weighted by atomic mass is 31.2. The van der Waals surface area contributed by atoms with Crippen molar-refractivity contribution in [1.29, 1.82) is 0 Å². The van der Waals surface area contributed by atoms with Gasteiger partial charge in [0.1, 0.15) is 19.3 Å². The molecule has 630 valence electrons. The fourth-order valence-electron chi connectivity index (χ4n) is 13.5. The summed E-state index contributed by atoms with van der Waals surface area (Å²) in [7, 11) is -9.93. The zero-order valence-corrected chi connectivity index (χ0v) is 71.7. The molecule has 0 aromatic rings. The number of carbonyl (C=O) groups is 4. The van der Waals surface area contributed by atoms with Gasteiger partial charge in [-0.25, -0.2) is 9.13 Å². The van der Waals surface area contributed by atoms with Crippen molar-refractivity contribution in [2.45, 2.75) is 478 Å². The Morgan fingerprint density at radius 2 is 0.481 bits per heavy atom. The topological polar surface area (TPSA) is 237 Å². The molecule has 0 amide bonds. The molecule has 0 rings (SSSR count). The van der Waals surface area contributed by atoms with Gasteiger partial charge in [0.25, 0.3) is 0 Å². The van der Waals surface area contributed by atoms with E-state index in [-0.39, 0.29) is 25.7 Å². The van der Waals surface area contributed by atoms with Crippen LogP contribution >= 0.6 is 15.6 Å². The summed E-state index contributed by atoms with van der Waals surface area (Å²) in [6.45, 7) is 12.1. The molecule has 17 nitrogen and oxygen atoms in total. The third kappa shape index (κ3) is 78.7. The number of phosphoric ester groups is 2. The molecule has 0 spiro atoms. The molecule has 19 heteroatoms. The van der Waals surface area contributed by atoms with E-state index in [9.17, 15) is 43.2 Å². The predicted molar refractivity (Wildman–Crippen MR) is 437 cm³/mol. The second-order valence-corrected chi connectivity index (χ2v) is 35.4. The summed E-state index contributed by atoms with van der Waals surface area (Å²) in [6, 6.07) is 0. The summed E-state index contributed by atoms with van der Waals surface area (Å²) < 4.78 is 69.0. The lowest BCUT2D eigenvalue weighted by molar-refractivity contribution is -0.161. The van der Waals surface area contributed by atoms with Gasteiger partial charge in [-0.2, -0.15) is 0 Å². The molecule has 0 aliphatic carbocycles. The quantitative estimate of drug-likeness (QED) is 0.0222. The van der Waals surface area contributed by atoms with E-state index < -0.39 is 97.5 Å². The fourth-order valence-corrected chi connectivity index (χ4v) is 15.1. The summed E-state index contributed by atoms with van der Waals surface area (Å²) >= 11 is 0. The normalized spacial score (nSPS) is 14.1. The van der Waals surface area contributed by atoms with Crippen molar-refractivity contribution >= 4 is 39.5 Å². The number of esters is 4. The van der Waals surface area contributed by atoms with E-state index in [1.54, 1.807) is 0 Å². The molecule has 0 fully saturated rings. The Hall–Kier alpha value is -1.94. The van der Waals surface area contributed by atoms with Crippen LogP contribution in [0.1, 0.15) is 459 Å². The van der Waals surface area contributed by atoms with Crippen LogP contribution in [0.4, 0.5) is 0 Å². The smallest absolute Gasteiger partial charge is 0.462 e. The standard InChI is InChI=1S/C87H170O17P2/c1-8-10-11-12-13-14-15-23-33-40-47-54-61-68-84(89)97-74-83(104-87(92)71-64-57-50-43-36-29-28-31-38-45-52-59-66-79(5)6)77-102-106(95,96)100-73-81(88)72-99-105(93,94)101-76-82(75-98-85(90)69-62-55-48-41-34-27-22-24-30-37-44-51-58-65-78(3)4)103-86(91)70-63-56-49-42-35-26-21-19-17-16-18-20-25-32-39-46-53-60-67-80(7)9-2/h78-83,88H,8-77H2,1-7H3,(H,93,94)(H,95,96)/t80?,81-,82-,83-/m1/s1. The minimum Gasteiger partial charge on any atom is -0.462 e. The number of rotatable bonds is 85. The largest absolute Gasteiger partial charge is 0.472 e. The average molecular weight is 1550 g/mol. The molecule has 0 aromatic carbocycles. The van der Waals surface area contributed by atoms with Gasteiger partial charge >= 0.3 is 39.5 Å². The Morgan fingerprint density at radius 3 is 0.717 bits per heavy atom. The molecule has 0 aliphatic heterocycles. The first-order chi connectivity index (χ1) is 51.3. The molecule has 6 atom stereocenters. The van der Waals surface area contributed by atoms with E-state index in [0.29, 0.717) is 25.7 Å². The highest BCUT2D eigenvalue weighted by molar-refractivity contribution is 7.47. The molecule has 0 aromatic heterocycles. The van der Waals surface area contributed by atoms with Crippen LogP contribution in [0.5, 0.6) is 0 Å². The van der Waals surface area contributed by atoms with E-state index in [2.05, 4.69) is 48.5 Å². The van der Waals surface area contributed by atoms with Crippen LogP contribution in [0.15, 0.2) is 0 Å². The number of carbonyl (C=O) groups excluding carboxylic acids is 4. The van der Waals surface area contributed by atoms with Crippen molar-refractivity contribution < 1.29 is 80.2 Å². The first kappa shape index (κ1) is 104. The molecule has 3 unspecified atom stereocenters. The number of phosphoric acid groups is 2. The number of ether oxygens (including phenoxy) is 4. The van der Waals surface area contributed by atoms with Gasteiger partial charge in [-0.05, 0) is 43.4 Å². The fraction of sp³-hybridized carbons (Fsp3) is 0.954. The van der Waals surface area contributed by atoms with Gasteiger partial charge in [0.05, 0.1) is 26.4 Å². The number of hydrogen-bond donors (Lipinski definition) is 3. The second-order valence-electron chi connectivity index (χ2n) is 32.5. The van der Waals surface area contributed by atoms with Crippen molar-refractivity contribution in [3.05, 3.63) is 0 Å². The van der Waals surface area contributed by atoms with Crippen molar-refractivity contribution in [3.63, 3.8) is 0 Å². The minimum absolute atomic E-state index is 0.107. The lowest BCUT2D eigenvalue weighted by Gasteiger charge is -2.21. The van der Waals surface area contributed by atoms with E-state index in [1.807, 2.05) is 0 Å². The van der Waals surface area contributed by atoms with Gasteiger partial charge in [-0.1, -0.05) is 408 Å². The maximum Gasteiger partial charge on any atom is 0.472 e. The van der Waals surface area contributed by atoms with Crippen LogP contribution in [0.3, 0.4) is 0 Å². The molecule has 0 bridgehead atoms. The Kier molecular flexibility index (Phi) is 75.6. The number of aliphatic hydroxyl groups is 1.